The number of benzene rings is 1. The van der Waals surface area contributed by atoms with E-state index in [9.17, 15) is 0 Å². The summed E-state index contributed by atoms with van der Waals surface area (Å²) >= 11 is 0. The molecule has 1 aromatic heterocycles. The molecule has 1 heterocycles. The molecular weight excluding hydrogens is 222 g/mol. The third-order valence-corrected chi connectivity index (χ3v) is 3.19. The van der Waals surface area contributed by atoms with E-state index in [1.165, 1.54) is 5.56 Å². The van der Waals surface area contributed by atoms with Gasteiger partial charge in [-0.25, -0.2) is 0 Å². The Balaban J connectivity index is 2.07. The van der Waals surface area contributed by atoms with Crippen LogP contribution in [0.5, 0.6) is 0 Å². The van der Waals surface area contributed by atoms with Crippen molar-refractivity contribution in [2.75, 3.05) is 12.8 Å². The lowest BCUT2D eigenvalue weighted by Gasteiger charge is -2.24. The zero-order chi connectivity index (χ0) is 13.0. The van der Waals surface area contributed by atoms with Crippen LogP contribution in [0.1, 0.15) is 24.2 Å². The zero-order valence-corrected chi connectivity index (χ0v) is 10.9. The van der Waals surface area contributed by atoms with Crippen molar-refractivity contribution in [1.82, 2.24) is 9.88 Å². The molecule has 2 rings (SSSR count). The molecule has 0 fully saturated rings. The summed E-state index contributed by atoms with van der Waals surface area (Å²) in [5.74, 6) is 0. The molecular formula is C15H19N3. The van der Waals surface area contributed by atoms with E-state index in [4.69, 9.17) is 5.73 Å². The second-order valence-corrected chi connectivity index (χ2v) is 4.58. The highest BCUT2D eigenvalue weighted by molar-refractivity contribution is 5.41. The Bertz CT molecular complexity index is 496. The minimum atomic E-state index is 0.315. The van der Waals surface area contributed by atoms with Crippen LogP contribution in [0.2, 0.25) is 0 Å². The Morgan fingerprint density at radius 1 is 1.22 bits per heavy atom. The summed E-state index contributed by atoms with van der Waals surface area (Å²) in [6.45, 7) is 3.01. The Labute approximate surface area is 108 Å². The lowest BCUT2D eigenvalue weighted by Crippen LogP contribution is -2.22. The van der Waals surface area contributed by atoms with Crippen LogP contribution in [-0.4, -0.2) is 16.9 Å². The van der Waals surface area contributed by atoms with Gasteiger partial charge in [-0.1, -0.05) is 18.2 Å². The van der Waals surface area contributed by atoms with E-state index in [1.807, 2.05) is 42.6 Å². The minimum absolute atomic E-state index is 0.315. The lowest BCUT2D eigenvalue weighted by molar-refractivity contribution is 0.250. The first-order chi connectivity index (χ1) is 8.66. The molecule has 0 aliphatic heterocycles. The van der Waals surface area contributed by atoms with Crippen molar-refractivity contribution < 1.29 is 0 Å². The second-order valence-electron chi connectivity index (χ2n) is 4.58. The van der Waals surface area contributed by atoms with E-state index in [-0.39, 0.29) is 0 Å². The smallest absolute Gasteiger partial charge is 0.0544 e. The van der Waals surface area contributed by atoms with E-state index >= 15 is 0 Å². The number of nitrogens with two attached hydrogens (primary N) is 1. The number of nitrogen functional groups attached to an aromatic ring is 1. The first kappa shape index (κ1) is 12.6. The Kier molecular flexibility index (Phi) is 3.95. The molecule has 0 aliphatic rings. The molecule has 3 nitrogen and oxygen atoms in total. The van der Waals surface area contributed by atoms with Crippen molar-refractivity contribution in [3.63, 3.8) is 0 Å². The highest BCUT2D eigenvalue weighted by atomic mass is 15.1. The van der Waals surface area contributed by atoms with Gasteiger partial charge >= 0.3 is 0 Å². The zero-order valence-electron chi connectivity index (χ0n) is 10.9. The Hall–Kier alpha value is -1.87. The Morgan fingerprint density at radius 3 is 2.72 bits per heavy atom. The second kappa shape index (κ2) is 5.65. The number of hydrogen-bond acceptors (Lipinski definition) is 3. The first-order valence-corrected chi connectivity index (χ1v) is 6.12. The largest absolute Gasteiger partial charge is 0.399 e. The van der Waals surface area contributed by atoms with Gasteiger partial charge in [0.1, 0.15) is 0 Å². The molecule has 0 amide bonds. The van der Waals surface area contributed by atoms with E-state index < -0.39 is 0 Å². The average Bonchev–Trinajstić information content (AvgIpc) is 2.39. The number of aromatic nitrogens is 1. The minimum Gasteiger partial charge on any atom is -0.399 e. The number of anilines is 1. The summed E-state index contributed by atoms with van der Waals surface area (Å²) in [5, 5.41) is 0. The predicted molar refractivity (Wildman–Crippen MR) is 75.0 cm³/mol. The first-order valence-electron chi connectivity index (χ1n) is 6.12. The van der Waals surface area contributed by atoms with Crippen LogP contribution in [0.15, 0.2) is 48.7 Å². The molecule has 0 radical (unpaired) electrons. The summed E-state index contributed by atoms with van der Waals surface area (Å²) in [6.07, 6.45) is 1.83. The van der Waals surface area contributed by atoms with Gasteiger partial charge in [0.2, 0.25) is 0 Å². The van der Waals surface area contributed by atoms with Gasteiger partial charge in [0.15, 0.2) is 0 Å². The molecule has 2 aromatic rings. The molecule has 1 unspecified atom stereocenters. The van der Waals surface area contributed by atoms with E-state index in [0.717, 1.165) is 17.9 Å². The van der Waals surface area contributed by atoms with Gasteiger partial charge in [-0.05, 0) is 43.8 Å². The summed E-state index contributed by atoms with van der Waals surface area (Å²) in [4.78, 5) is 6.61. The fourth-order valence-electron chi connectivity index (χ4n) is 1.96. The maximum Gasteiger partial charge on any atom is 0.0544 e. The molecule has 0 saturated carbocycles. The highest BCUT2D eigenvalue weighted by Crippen LogP contribution is 2.21. The standard InChI is InChI=1S/C15H19N3/c1-12(13-6-5-7-14(16)10-13)18(2)11-15-8-3-4-9-17-15/h3-10,12H,11,16H2,1-2H3. The third kappa shape index (κ3) is 3.08. The number of rotatable bonds is 4. The van der Waals surface area contributed by atoms with Crippen LogP contribution in [0, 0.1) is 0 Å². The molecule has 94 valence electrons. The SMILES string of the molecule is CC(c1cccc(N)c1)N(C)Cc1ccccn1. The van der Waals surface area contributed by atoms with Crippen LogP contribution in [-0.2, 0) is 6.54 Å². The van der Waals surface area contributed by atoms with Crippen molar-refractivity contribution in [1.29, 1.82) is 0 Å². The maximum absolute atomic E-state index is 5.82. The quantitative estimate of drug-likeness (QED) is 0.837. The molecule has 0 saturated heterocycles. The van der Waals surface area contributed by atoms with E-state index in [2.05, 4.69) is 29.9 Å². The van der Waals surface area contributed by atoms with Crippen LogP contribution in [0.3, 0.4) is 0 Å². The van der Waals surface area contributed by atoms with Crippen molar-refractivity contribution in [2.24, 2.45) is 0 Å². The number of nitrogens with zero attached hydrogens (tertiary/aromatic N) is 2. The summed E-state index contributed by atoms with van der Waals surface area (Å²) < 4.78 is 0. The van der Waals surface area contributed by atoms with Crippen LogP contribution in [0.25, 0.3) is 0 Å². The Morgan fingerprint density at radius 2 is 2.06 bits per heavy atom. The van der Waals surface area contributed by atoms with Crippen LogP contribution >= 0.6 is 0 Å². The van der Waals surface area contributed by atoms with Crippen molar-refractivity contribution in [3.05, 3.63) is 59.9 Å². The summed E-state index contributed by atoms with van der Waals surface area (Å²) in [5.41, 5.74) is 8.94. The third-order valence-electron chi connectivity index (χ3n) is 3.19. The number of hydrogen-bond donors (Lipinski definition) is 1. The van der Waals surface area contributed by atoms with Crippen LogP contribution in [0.4, 0.5) is 5.69 Å². The molecule has 1 aromatic carbocycles. The van der Waals surface area contributed by atoms with Crippen molar-refractivity contribution in [2.45, 2.75) is 19.5 Å². The fourth-order valence-corrected chi connectivity index (χ4v) is 1.96. The summed E-state index contributed by atoms with van der Waals surface area (Å²) in [6, 6.07) is 14.4. The summed E-state index contributed by atoms with van der Waals surface area (Å²) in [7, 11) is 2.10. The number of pyridine rings is 1. The van der Waals surface area contributed by atoms with Gasteiger partial charge in [-0.2, -0.15) is 0 Å². The molecule has 18 heavy (non-hydrogen) atoms. The lowest BCUT2D eigenvalue weighted by atomic mass is 10.1. The van der Waals surface area contributed by atoms with Crippen LogP contribution < -0.4 is 5.73 Å². The van der Waals surface area contributed by atoms with Gasteiger partial charge in [0.25, 0.3) is 0 Å². The molecule has 0 spiro atoms. The molecule has 2 N–H and O–H groups in total. The van der Waals surface area contributed by atoms with Crippen molar-refractivity contribution in [3.8, 4) is 0 Å². The average molecular weight is 241 g/mol. The molecule has 0 aliphatic carbocycles. The fraction of sp³-hybridized carbons (Fsp3) is 0.267. The molecule has 1 atom stereocenters. The van der Waals surface area contributed by atoms with Gasteiger partial charge < -0.3 is 5.73 Å². The van der Waals surface area contributed by atoms with E-state index in [1.54, 1.807) is 0 Å². The van der Waals surface area contributed by atoms with Crippen molar-refractivity contribution >= 4 is 5.69 Å². The van der Waals surface area contributed by atoms with Gasteiger partial charge in [0, 0.05) is 24.5 Å². The van der Waals surface area contributed by atoms with Gasteiger partial charge in [-0.15, -0.1) is 0 Å². The topological polar surface area (TPSA) is 42.1 Å². The maximum atomic E-state index is 5.82. The monoisotopic (exact) mass is 241 g/mol. The predicted octanol–water partition coefficient (Wildman–Crippen LogP) is 2.86. The normalized spacial score (nSPS) is 12.6. The van der Waals surface area contributed by atoms with Gasteiger partial charge in [-0.3, -0.25) is 9.88 Å². The molecule has 3 heteroatoms. The highest BCUT2D eigenvalue weighted by Gasteiger charge is 2.12. The van der Waals surface area contributed by atoms with E-state index in [0.29, 0.717) is 6.04 Å². The molecule has 0 bridgehead atoms. The van der Waals surface area contributed by atoms with Gasteiger partial charge in [0.05, 0.1) is 5.69 Å².